The average Bonchev–Trinajstić information content (AvgIpc) is 3.34. The Morgan fingerprint density at radius 1 is 1.30 bits per heavy atom. The number of methoxy groups -OCH3 is 1. The molecule has 2 aliphatic heterocycles. The van der Waals surface area contributed by atoms with Crippen LogP contribution in [-0.4, -0.2) is 37.6 Å². The molecule has 0 amide bonds. The van der Waals surface area contributed by atoms with Crippen LogP contribution in [0.25, 0.3) is 5.57 Å². The molecular formula is C22H25NO3S. The smallest absolute Gasteiger partial charge is 0.309 e. The molecule has 0 bridgehead atoms. The van der Waals surface area contributed by atoms with Gasteiger partial charge in [-0.25, -0.2) is 0 Å². The Hall–Kier alpha value is -2.11. The van der Waals surface area contributed by atoms with Crippen LogP contribution in [0.1, 0.15) is 40.8 Å². The summed E-state index contributed by atoms with van der Waals surface area (Å²) < 4.78 is 10.9. The molecule has 0 aliphatic carbocycles. The molecule has 142 valence electrons. The van der Waals surface area contributed by atoms with E-state index in [1.165, 1.54) is 49.1 Å². The van der Waals surface area contributed by atoms with Crippen molar-refractivity contribution in [3.63, 3.8) is 0 Å². The summed E-state index contributed by atoms with van der Waals surface area (Å²) in [7, 11) is 1.43. The van der Waals surface area contributed by atoms with E-state index >= 15 is 0 Å². The molecule has 0 saturated carbocycles. The Morgan fingerprint density at radius 3 is 2.96 bits per heavy atom. The Labute approximate surface area is 164 Å². The number of rotatable bonds is 5. The molecule has 1 aromatic heterocycles. The lowest BCUT2D eigenvalue weighted by Crippen LogP contribution is -2.19. The van der Waals surface area contributed by atoms with Crippen LogP contribution in [0.5, 0.6) is 5.75 Å². The fraction of sp³-hybridized carbons (Fsp3) is 0.409. The van der Waals surface area contributed by atoms with Crippen LogP contribution in [0.4, 0.5) is 0 Å². The highest BCUT2D eigenvalue weighted by Gasteiger charge is 2.21. The van der Waals surface area contributed by atoms with Crippen LogP contribution in [0.15, 0.2) is 35.7 Å². The van der Waals surface area contributed by atoms with Gasteiger partial charge in [0.2, 0.25) is 0 Å². The van der Waals surface area contributed by atoms with E-state index in [2.05, 4.69) is 28.5 Å². The third kappa shape index (κ3) is 4.09. The number of hydrogen-bond donors (Lipinski definition) is 0. The van der Waals surface area contributed by atoms with Gasteiger partial charge >= 0.3 is 5.97 Å². The van der Waals surface area contributed by atoms with Crippen molar-refractivity contribution in [2.24, 2.45) is 0 Å². The topological polar surface area (TPSA) is 38.8 Å². The van der Waals surface area contributed by atoms with Crippen LogP contribution in [-0.2, 0) is 22.6 Å². The average molecular weight is 384 g/mol. The maximum atomic E-state index is 11.7. The van der Waals surface area contributed by atoms with Gasteiger partial charge in [0.1, 0.15) is 12.4 Å². The molecule has 2 aliphatic rings. The highest BCUT2D eigenvalue weighted by molar-refractivity contribution is 7.11. The molecule has 1 saturated heterocycles. The number of ether oxygens (including phenoxy) is 2. The third-order valence-corrected chi connectivity index (χ3v) is 6.27. The van der Waals surface area contributed by atoms with Gasteiger partial charge in [-0.15, -0.1) is 11.3 Å². The minimum atomic E-state index is -0.221. The Morgan fingerprint density at radius 2 is 2.15 bits per heavy atom. The largest absolute Gasteiger partial charge is 0.488 e. The summed E-state index contributed by atoms with van der Waals surface area (Å²) in [5, 5.41) is 2.13. The molecule has 0 N–H and O–H groups in total. The monoisotopic (exact) mass is 383 g/mol. The summed E-state index contributed by atoms with van der Waals surface area (Å²) in [5.74, 6) is 0.667. The van der Waals surface area contributed by atoms with Gasteiger partial charge < -0.3 is 14.4 Å². The second kappa shape index (κ2) is 8.28. The van der Waals surface area contributed by atoms with E-state index in [0.29, 0.717) is 6.61 Å². The number of thiophene rings is 1. The zero-order valence-corrected chi connectivity index (χ0v) is 16.5. The zero-order chi connectivity index (χ0) is 18.6. The molecule has 1 fully saturated rings. The first-order valence-corrected chi connectivity index (χ1v) is 10.4. The molecule has 4 rings (SSSR count). The Balaban J connectivity index is 1.66. The van der Waals surface area contributed by atoms with Gasteiger partial charge in [-0.05, 0) is 67.1 Å². The molecule has 0 radical (unpaired) electrons. The number of carbonyl (C=O) groups is 1. The number of likely N-dealkylation sites (tertiary alicyclic amines) is 1. The Bertz CT molecular complexity index is 849. The van der Waals surface area contributed by atoms with Crippen LogP contribution in [0.3, 0.4) is 0 Å². The van der Waals surface area contributed by atoms with Crippen LogP contribution < -0.4 is 4.74 Å². The lowest BCUT2D eigenvalue weighted by molar-refractivity contribution is -0.139. The van der Waals surface area contributed by atoms with E-state index in [1.807, 2.05) is 12.1 Å². The summed E-state index contributed by atoms with van der Waals surface area (Å²) in [6.45, 7) is 4.13. The van der Waals surface area contributed by atoms with E-state index in [0.717, 1.165) is 29.8 Å². The van der Waals surface area contributed by atoms with Gasteiger partial charge in [0.05, 0.1) is 13.5 Å². The number of esters is 1. The van der Waals surface area contributed by atoms with Crippen molar-refractivity contribution in [2.45, 2.75) is 32.3 Å². The van der Waals surface area contributed by atoms with Crippen molar-refractivity contribution in [1.29, 1.82) is 0 Å². The lowest BCUT2D eigenvalue weighted by atomic mass is 9.97. The first-order valence-electron chi connectivity index (χ1n) is 9.57. The lowest BCUT2D eigenvalue weighted by Gasteiger charge is -2.14. The van der Waals surface area contributed by atoms with Gasteiger partial charge in [-0.3, -0.25) is 4.79 Å². The summed E-state index contributed by atoms with van der Waals surface area (Å²) in [6.07, 6.45) is 6.29. The van der Waals surface area contributed by atoms with Gasteiger partial charge in [0, 0.05) is 22.5 Å². The zero-order valence-electron chi connectivity index (χ0n) is 15.7. The van der Waals surface area contributed by atoms with E-state index in [1.54, 1.807) is 11.3 Å². The molecule has 1 aromatic carbocycles. The van der Waals surface area contributed by atoms with Crippen molar-refractivity contribution in [2.75, 3.05) is 26.7 Å². The van der Waals surface area contributed by atoms with Crippen LogP contribution in [0, 0.1) is 0 Å². The van der Waals surface area contributed by atoms with Crippen molar-refractivity contribution >= 4 is 22.9 Å². The SMILES string of the molecule is COC(=O)Cc1ccc2c(c1)C(=CCCN1CCCC1)c1sccc1CO2. The Kier molecular flexibility index (Phi) is 5.60. The van der Waals surface area contributed by atoms with E-state index in [4.69, 9.17) is 9.47 Å². The molecule has 5 heteroatoms. The maximum absolute atomic E-state index is 11.7. The van der Waals surface area contributed by atoms with E-state index in [-0.39, 0.29) is 12.4 Å². The highest BCUT2D eigenvalue weighted by atomic mass is 32.1. The quantitative estimate of drug-likeness (QED) is 0.723. The third-order valence-electron chi connectivity index (χ3n) is 5.28. The van der Waals surface area contributed by atoms with Gasteiger partial charge in [-0.2, -0.15) is 0 Å². The van der Waals surface area contributed by atoms with Crippen molar-refractivity contribution < 1.29 is 14.3 Å². The minimum Gasteiger partial charge on any atom is -0.488 e. The van der Waals surface area contributed by atoms with Crippen molar-refractivity contribution in [3.8, 4) is 5.75 Å². The van der Waals surface area contributed by atoms with Crippen molar-refractivity contribution in [3.05, 3.63) is 57.3 Å². The van der Waals surface area contributed by atoms with E-state index < -0.39 is 0 Å². The second-order valence-corrected chi connectivity index (χ2v) is 8.02. The van der Waals surface area contributed by atoms with Crippen LogP contribution in [0.2, 0.25) is 0 Å². The molecule has 4 nitrogen and oxygen atoms in total. The molecule has 27 heavy (non-hydrogen) atoms. The predicted molar refractivity (Wildman–Crippen MR) is 108 cm³/mol. The molecule has 0 unspecified atom stereocenters. The highest BCUT2D eigenvalue weighted by Crippen LogP contribution is 2.40. The molecule has 2 aromatic rings. The summed E-state index contributed by atoms with van der Waals surface area (Å²) in [4.78, 5) is 15.5. The normalized spacial score (nSPS) is 17.9. The molecule has 0 atom stereocenters. The summed E-state index contributed by atoms with van der Waals surface area (Å²) in [5.41, 5.74) is 4.50. The van der Waals surface area contributed by atoms with Gasteiger partial charge in [-0.1, -0.05) is 12.1 Å². The fourth-order valence-corrected chi connectivity index (χ4v) is 4.79. The predicted octanol–water partition coefficient (Wildman–Crippen LogP) is 4.27. The fourth-order valence-electron chi connectivity index (χ4n) is 3.83. The number of fused-ring (bicyclic) bond motifs is 2. The second-order valence-electron chi connectivity index (χ2n) is 7.10. The maximum Gasteiger partial charge on any atom is 0.309 e. The summed E-state index contributed by atoms with van der Waals surface area (Å²) in [6, 6.07) is 8.17. The number of hydrogen-bond acceptors (Lipinski definition) is 5. The molecule has 3 heterocycles. The number of carbonyl (C=O) groups excluding carboxylic acids is 1. The number of nitrogens with zero attached hydrogens (tertiary/aromatic N) is 1. The molecular weight excluding hydrogens is 358 g/mol. The minimum absolute atomic E-state index is 0.221. The van der Waals surface area contributed by atoms with Gasteiger partial charge in [0.15, 0.2) is 0 Å². The summed E-state index contributed by atoms with van der Waals surface area (Å²) >= 11 is 1.76. The molecule has 0 spiro atoms. The first kappa shape index (κ1) is 18.3. The standard InChI is InChI=1S/C22H25NO3S/c1-25-21(24)14-16-6-7-20-19(13-16)18(5-4-11-23-9-2-3-10-23)22-17(15-26-20)8-12-27-22/h5-8,12-13H,2-4,9-11,14-15H2,1H3. The first-order chi connectivity index (χ1) is 13.2. The van der Waals surface area contributed by atoms with E-state index in [9.17, 15) is 4.79 Å². The van der Waals surface area contributed by atoms with Gasteiger partial charge in [0.25, 0.3) is 0 Å². The van der Waals surface area contributed by atoms with Crippen LogP contribution >= 0.6 is 11.3 Å². The van der Waals surface area contributed by atoms with Crippen molar-refractivity contribution in [1.82, 2.24) is 4.90 Å². The number of benzene rings is 1.